The van der Waals surface area contributed by atoms with Gasteiger partial charge in [0, 0.05) is 25.3 Å². The molecule has 8 nitrogen and oxygen atoms in total. The molecule has 3 aliphatic rings. The van der Waals surface area contributed by atoms with Gasteiger partial charge in [-0.1, -0.05) is 0 Å². The highest BCUT2D eigenvalue weighted by molar-refractivity contribution is 6.03. The predicted octanol–water partition coefficient (Wildman–Crippen LogP) is 1.95. The number of carboxylic acids is 1. The van der Waals surface area contributed by atoms with E-state index in [1.165, 1.54) is 19.0 Å². The highest BCUT2D eigenvalue weighted by atomic mass is 19.1. The quantitative estimate of drug-likeness (QED) is 0.639. The van der Waals surface area contributed by atoms with E-state index < -0.39 is 22.8 Å². The first-order chi connectivity index (χ1) is 14.4. The predicted molar refractivity (Wildman–Crippen MR) is 111 cm³/mol. The summed E-state index contributed by atoms with van der Waals surface area (Å²) < 4.78 is 23.1. The lowest BCUT2D eigenvalue weighted by Crippen LogP contribution is -2.31. The van der Waals surface area contributed by atoms with Crippen LogP contribution in [0.1, 0.15) is 42.6 Å². The maximum Gasteiger partial charge on any atom is 0.341 e. The Morgan fingerprint density at radius 1 is 1.40 bits per heavy atom. The SMILES string of the molecule is CC1COc2c(N3CCC(CNC4CC4)C3)c(F)c(N)c3c(=O)c(C(=O)O)cn1c23. The van der Waals surface area contributed by atoms with Gasteiger partial charge in [-0.2, -0.15) is 0 Å². The number of hydrogen-bond donors (Lipinski definition) is 3. The molecule has 9 heteroatoms. The van der Waals surface area contributed by atoms with Gasteiger partial charge in [0.1, 0.15) is 17.9 Å². The Morgan fingerprint density at radius 2 is 2.17 bits per heavy atom. The van der Waals surface area contributed by atoms with Crippen molar-refractivity contribution in [2.45, 2.75) is 38.3 Å². The number of anilines is 2. The van der Waals surface area contributed by atoms with E-state index in [9.17, 15) is 14.7 Å². The Kier molecular flexibility index (Phi) is 4.39. The van der Waals surface area contributed by atoms with Gasteiger partial charge in [-0.15, -0.1) is 0 Å². The number of nitrogens with two attached hydrogens (primary N) is 1. The molecule has 1 aliphatic carbocycles. The summed E-state index contributed by atoms with van der Waals surface area (Å²) in [4.78, 5) is 26.3. The number of pyridine rings is 1. The van der Waals surface area contributed by atoms with Crippen LogP contribution >= 0.6 is 0 Å². The number of aromatic nitrogens is 1. The molecule has 0 radical (unpaired) electrons. The maximum absolute atomic E-state index is 15.5. The first-order valence-electron chi connectivity index (χ1n) is 10.4. The van der Waals surface area contributed by atoms with Crippen molar-refractivity contribution in [1.29, 1.82) is 0 Å². The van der Waals surface area contributed by atoms with Gasteiger partial charge in [0.25, 0.3) is 0 Å². The summed E-state index contributed by atoms with van der Waals surface area (Å²) in [6.07, 6.45) is 4.69. The maximum atomic E-state index is 15.5. The van der Waals surface area contributed by atoms with Gasteiger partial charge in [-0.3, -0.25) is 4.79 Å². The molecule has 30 heavy (non-hydrogen) atoms. The fourth-order valence-corrected chi connectivity index (χ4v) is 4.59. The van der Waals surface area contributed by atoms with E-state index in [0.29, 0.717) is 30.6 Å². The third kappa shape index (κ3) is 2.91. The number of hydrogen-bond acceptors (Lipinski definition) is 6. The number of nitrogens with zero attached hydrogens (tertiary/aromatic N) is 2. The van der Waals surface area contributed by atoms with Crippen molar-refractivity contribution in [2.75, 3.05) is 36.9 Å². The summed E-state index contributed by atoms with van der Waals surface area (Å²) in [6, 6.07) is 0.404. The van der Waals surface area contributed by atoms with Crippen molar-refractivity contribution in [3.63, 3.8) is 0 Å². The zero-order valence-electron chi connectivity index (χ0n) is 16.8. The summed E-state index contributed by atoms with van der Waals surface area (Å²) in [6.45, 7) is 4.34. The number of carbonyl (C=O) groups is 1. The second-order valence-corrected chi connectivity index (χ2v) is 8.66. The lowest BCUT2D eigenvalue weighted by atomic mass is 10.0. The summed E-state index contributed by atoms with van der Waals surface area (Å²) in [5.74, 6) is -1.40. The van der Waals surface area contributed by atoms with Gasteiger partial charge in [-0.25, -0.2) is 9.18 Å². The van der Waals surface area contributed by atoms with Crippen LogP contribution in [-0.4, -0.2) is 47.9 Å². The standard InChI is InChI=1S/C21H25FN4O4/c1-10-9-30-20-17-14(19(27)13(21(28)29)8-26(10)17)16(23)15(22)18(20)25-5-4-11(7-25)6-24-12-2-3-12/h8,10-12,24H,2-7,9,23H2,1H3,(H,28,29). The van der Waals surface area contributed by atoms with Gasteiger partial charge in [0.15, 0.2) is 11.6 Å². The van der Waals surface area contributed by atoms with Crippen LogP contribution in [0.3, 0.4) is 0 Å². The van der Waals surface area contributed by atoms with Gasteiger partial charge in [-0.05, 0) is 38.6 Å². The monoisotopic (exact) mass is 416 g/mol. The van der Waals surface area contributed by atoms with E-state index in [0.717, 1.165) is 13.0 Å². The van der Waals surface area contributed by atoms with Crippen molar-refractivity contribution in [3.8, 4) is 5.75 Å². The Balaban J connectivity index is 1.64. The molecule has 1 saturated carbocycles. The minimum absolute atomic E-state index is 0.121. The third-order valence-electron chi connectivity index (χ3n) is 6.43. The van der Waals surface area contributed by atoms with Crippen LogP contribution in [0.4, 0.5) is 15.8 Å². The van der Waals surface area contributed by atoms with Crippen LogP contribution in [0.15, 0.2) is 11.0 Å². The van der Waals surface area contributed by atoms with E-state index in [2.05, 4.69) is 5.32 Å². The molecule has 2 aliphatic heterocycles. The van der Waals surface area contributed by atoms with Crippen LogP contribution in [-0.2, 0) is 0 Å². The third-order valence-corrected chi connectivity index (χ3v) is 6.43. The first kappa shape index (κ1) is 19.2. The number of carboxylic acid groups (broad SMARTS) is 1. The molecule has 3 heterocycles. The average Bonchev–Trinajstić information content (AvgIpc) is 3.43. The van der Waals surface area contributed by atoms with Crippen molar-refractivity contribution in [1.82, 2.24) is 9.88 Å². The van der Waals surface area contributed by atoms with Gasteiger partial charge >= 0.3 is 5.97 Å². The molecule has 2 aromatic rings. The Bertz CT molecular complexity index is 1110. The fourth-order valence-electron chi connectivity index (χ4n) is 4.59. The molecule has 0 amide bonds. The minimum Gasteiger partial charge on any atom is -0.487 e. The van der Waals surface area contributed by atoms with Gasteiger partial charge < -0.3 is 30.4 Å². The molecule has 5 rings (SSSR count). The summed E-state index contributed by atoms with van der Waals surface area (Å²) in [5, 5.41) is 12.8. The Hall–Kier alpha value is -2.81. The van der Waals surface area contributed by atoms with E-state index in [1.807, 2.05) is 11.8 Å². The van der Waals surface area contributed by atoms with E-state index >= 15 is 4.39 Å². The van der Waals surface area contributed by atoms with Crippen LogP contribution in [0.25, 0.3) is 10.9 Å². The number of benzene rings is 1. The number of nitrogen functional groups attached to an aromatic ring is 1. The molecule has 1 aromatic carbocycles. The fraction of sp³-hybridized carbons (Fsp3) is 0.524. The number of aromatic carboxylic acids is 1. The molecule has 0 spiro atoms. The zero-order valence-corrected chi connectivity index (χ0v) is 16.8. The topological polar surface area (TPSA) is 110 Å². The molecule has 1 aromatic heterocycles. The number of rotatable bonds is 5. The smallest absolute Gasteiger partial charge is 0.341 e. The van der Waals surface area contributed by atoms with Crippen molar-refractivity contribution in [3.05, 3.63) is 27.8 Å². The van der Waals surface area contributed by atoms with Gasteiger partial charge in [0.2, 0.25) is 5.43 Å². The lowest BCUT2D eigenvalue weighted by molar-refractivity contribution is 0.0694. The summed E-state index contributed by atoms with van der Waals surface area (Å²) in [7, 11) is 0. The van der Waals surface area contributed by atoms with Crippen molar-refractivity contribution >= 4 is 28.2 Å². The number of halogens is 1. The van der Waals surface area contributed by atoms with Crippen LogP contribution in [0.5, 0.6) is 5.75 Å². The highest BCUT2D eigenvalue weighted by Gasteiger charge is 2.35. The van der Waals surface area contributed by atoms with Crippen molar-refractivity contribution in [2.24, 2.45) is 5.92 Å². The Labute approximate surface area is 172 Å². The number of nitrogens with one attached hydrogen (secondary N) is 1. The highest BCUT2D eigenvalue weighted by Crippen LogP contribution is 2.46. The summed E-state index contributed by atoms with van der Waals surface area (Å²) in [5.41, 5.74) is 5.20. The molecule has 0 bridgehead atoms. The van der Waals surface area contributed by atoms with Crippen LogP contribution in [0.2, 0.25) is 0 Å². The minimum atomic E-state index is -1.36. The molecule has 2 atom stereocenters. The van der Waals surface area contributed by atoms with Crippen molar-refractivity contribution < 1.29 is 19.0 Å². The first-order valence-corrected chi connectivity index (χ1v) is 10.4. The van der Waals surface area contributed by atoms with E-state index in [4.69, 9.17) is 10.5 Å². The average molecular weight is 416 g/mol. The molecular formula is C21H25FN4O4. The van der Waals surface area contributed by atoms with Crippen LogP contribution in [0, 0.1) is 11.7 Å². The molecule has 1 saturated heterocycles. The van der Waals surface area contributed by atoms with Gasteiger partial charge in [0.05, 0.1) is 22.6 Å². The lowest BCUT2D eigenvalue weighted by Gasteiger charge is -2.32. The second kappa shape index (κ2) is 6.87. The molecule has 160 valence electrons. The second-order valence-electron chi connectivity index (χ2n) is 8.66. The zero-order chi connectivity index (χ0) is 21.2. The largest absolute Gasteiger partial charge is 0.487 e. The molecule has 2 unspecified atom stereocenters. The molecule has 2 fully saturated rings. The molecule has 4 N–H and O–H groups in total. The molecular weight excluding hydrogens is 391 g/mol. The Morgan fingerprint density at radius 3 is 2.87 bits per heavy atom. The van der Waals surface area contributed by atoms with E-state index in [1.54, 1.807) is 4.57 Å². The number of ether oxygens (including phenoxy) is 1. The van der Waals surface area contributed by atoms with E-state index in [-0.39, 0.29) is 35.2 Å². The summed E-state index contributed by atoms with van der Waals surface area (Å²) >= 11 is 0. The van der Waals surface area contributed by atoms with Crippen LogP contribution < -0.4 is 26.1 Å². The normalized spacial score (nSPS) is 23.1.